The fourth-order valence-electron chi connectivity index (χ4n) is 4.39. The average Bonchev–Trinajstić information content (AvgIpc) is 3.26. The van der Waals surface area contributed by atoms with Gasteiger partial charge in [0.1, 0.15) is 0 Å². The van der Waals surface area contributed by atoms with Crippen molar-refractivity contribution >= 4 is 11.8 Å². The Morgan fingerprint density at radius 3 is 2.43 bits per heavy atom. The molecule has 0 bridgehead atoms. The number of aromatic nitrogens is 2. The van der Waals surface area contributed by atoms with E-state index in [1.165, 1.54) is 0 Å². The second-order valence-electron chi connectivity index (χ2n) is 7.73. The Morgan fingerprint density at radius 1 is 1.14 bits per heavy atom. The van der Waals surface area contributed by atoms with E-state index in [0.29, 0.717) is 25.3 Å². The smallest absolute Gasteiger partial charge is 0.257 e. The summed E-state index contributed by atoms with van der Waals surface area (Å²) in [5.74, 6) is 0.194. The van der Waals surface area contributed by atoms with Gasteiger partial charge in [0, 0.05) is 33.8 Å². The van der Waals surface area contributed by atoms with Crippen molar-refractivity contribution < 1.29 is 14.3 Å². The van der Waals surface area contributed by atoms with Gasteiger partial charge in [-0.2, -0.15) is 5.10 Å². The maximum absolute atomic E-state index is 13.2. The van der Waals surface area contributed by atoms with Gasteiger partial charge in [-0.3, -0.25) is 9.59 Å². The van der Waals surface area contributed by atoms with E-state index in [0.717, 1.165) is 37.2 Å². The minimum atomic E-state index is -0.269. The minimum absolute atomic E-state index is 0.0390. The molecule has 2 saturated heterocycles. The summed E-state index contributed by atoms with van der Waals surface area (Å²) in [6.45, 7) is 2.31. The summed E-state index contributed by atoms with van der Waals surface area (Å²) >= 11 is 0. The molecule has 1 aromatic carbocycles. The van der Waals surface area contributed by atoms with Gasteiger partial charge in [-0.1, -0.05) is 18.2 Å². The van der Waals surface area contributed by atoms with Crippen LogP contribution in [0.4, 0.5) is 0 Å². The summed E-state index contributed by atoms with van der Waals surface area (Å²) in [7, 11) is 3.48. The number of ether oxygens (including phenoxy) is 1. The highest BCUT2D eigenvalue weighted by molar-refractivity contribution is 5.95. The van der Waals surface area contributed by atoms with Gasteiger partial charge in [0.15, 0.2) is 0 Å². The molecule has 28 heavy (non-hydrogen) atoms. The molecule has 7 nitrogen and oxygen atoms in total. The second-order valence-corrected chi connectivity index (χ2v) is 7.73. The molecule has 4 rings (SSSR count). The van der Waals surface area contributed by atoms with Crippen molar-refractivity contribution in [3.63, 3.8) is 0 Å². The zero-order chi connectivity index (χ0) is 19.7. The topological polar surface area (TPSA) is 67.7 Å². The Balaban J connectivity index is 1.54. The standard InChI is InChI=1S/C21H26N4O3/c1-23-11-8-21(20(23)27)9-12-24(13-10-21)19(26)17-14-22-25(18(17)15-28-2)16-6-4-3-5-7-16/h3-7,14H,8-13,15H2,1-2H3. The maximum atomic E-state index is 13.2. The average molecular weight is 382 g/mol. The lowest BCUT2D eigenvalue weighted by Gasteiger charge is -2.37. The highest BCUT2D eigenvalue weighted by atomic mass is 16.5. The van der Waals surface area contributed by atoms with Crippen molar-refractivity contribution in [2.45, 2.75) is 25.9 Å². The number of piperidine rings is 1. The highest BCUT2D eigenvalue weighted by Gasteiger charge is 2.47. The Labute approximate surface area is 164 Å². The first-order valence-electron chi connectivity index (χ1n) is 9.72. The minimum Gasteiger partial charge on any atom is -0.378 e. The van der Waals surface area contributed by atoms with Gasteiger partial charge in [-0.05, 0) is 31.4 Å². The van der Waals surface area contributed by atoms with Gasteiger partial charge in [0.2, 0.25) is 5.91 Å². The van der Waals surface area contributed by atoms with Gasteiger partial charge in [-0.25, -0.2) is 4.68 Å². The molecular formula is C21H26N4O3. The molecule has 0 atom stereocenters. The quantitative estimate of drug-likeness (QED) is 0.812. The fraction of sp³-hybridized carbons (Fsp3) is 0.476. The Bertz CT molecular complexity index is 869. The van der Waals surface area contributed by atoms with Crippen LogP contribution >= 0.6 is 0 Å². The molecular weight excluding hydrogens is 356 g/mol. The summed E-state index contributed by atoms with van der Waals surface area (Å²) in [4.78, 5) is 29.4. The van der Waals surface area contributed by atoms with Crippen LogP contribution in [0.2, 0.25) is 0 Å². The molecule has 0 saturated carbocycles. The normalized spacial score (nSPS) is 18.9. The van der Waals surface area contributed by atoms with Crippen LogP contribution in [0, 0.1) is 5.41 Å². The summed E-state index contributed by atoms with van der Waals surface area (Å²) in [5, 5.41) is 4.44. The van der Waals surface area contributed by atoms with E-state index in [1.54, 1.807) is 18.0 Å². The number of hydrogen-bond donors (Lipinski definition) is 0. The number of carbonyl (C=O) groups excluding carboxylic acids is 2. The number of carbonyl (C=O) groups is 2. The molecule has 2 aliphatic heterocycles. The van der Waals surface area contributed by atoms with Crippen LogP contribution in [0.3, 0.4) is 0 Å². The predicted octanol–water partition coefficient (Wildman–Crippen LogP) is 2.10. The Hall–Kier alpha value is -2.67. The number of hydrogen-bond acceptors (Lipinski definition) is 4. The van der Waals surface area contributed by atoms with Crippen LogP contribution in [0.15, 0.2) is 36.5 Å². The number of nitrogens with zero attached hydrogens (tertiary/aromatic N) is 4. The molecule has 2 fully saturated rings. The molecule has 2 amide bonds. The van der Waals surface area contributed by atoms with E-state index in [2.05, 4.69) is 5.10 Å². The molecule has 0 N–H and O–H groups in total. The van der Waals surface area contributed by atoms with Gasteiger partial charge in [0.25, 0.3) is 5.91 Å². The van der Waals surface area contributed by atoms with Crippen LogP contribution in [-0.2, 0) is 16.1 Å². The number of amides is 2. The lowest BCUT2D eigenvalue weighted by molar-refractivity contribution is -0.137. The predicted molar refractivity (Wildman–Crippen MR) is 104 cm³/mol. The summed E-state index contributed by atoms with van der Waals surface area (Å²) in [6, 6.07) is 9.73. The van der Waals surface area contributed by atoms with Gasteiger partial charge in [0.05, 0.1) is 35.2 Å². The number of likely N-dealkylation sites (tertiary alicyclic amines) is 2. The van der Waals surface area contributed by atoms with Gasteiger partial charge in [-0.15, -0.1) is 0 Å². The van der Waals surface area contributed by atoms with Crippen molar-refractivity contribution in [3.05, 3.63) is 47.8 Å². The van der Waals surface area contributed by atoms with Crippen molar-refractivity contribution in [2.75, 3.05) is 33.8 Å². The third kappa shape index (κ3) is 3.09. The van der Waals surface area contributed by atoms with Crippen LogP contribution in [-0.4, -0.2) is 65.2 Å². The van der Waals surface area contributed by atoms with E-state index >= 15 is 0 Å². The molecule has 0 unspecified atom stereocenters. The zero-order valence-electron chi connectivity index (χ0n) is 16.4. The Kier molecular flexibility index (Phi) is 4.93. The van der Waals surface area contributed by atoms with Crippen molar-refractivity contribution in [3.8, 4) is 5.69 Å². The molecule has 148 valence electrons. The number of rotatable bonds is 4. The largest absolute Gasteiger partial charge is 0.378 e. The Morgan fingerprint density at radius 2 is 1.82 bits per heavy atom. The SMILES string of the molecule is COCc1c(C(=O)N2CCC3(CCN(C)C3=O)CC2)cnn1-c1ccccc1. The second kappa shape index (κ2) is 7.39. The molecule has 2 aromatic rings. The lowest BCUT2D eigenvalue weighted by atomic mass is 9.77. The first kappa shape index (κ1) is 18.7. The molecule has 0 aliphatic carbocycles. The van der Waals surface area contributed by atoms with E-state index in [4.69, 9.17) is 4.74 Å². The molecule has 2 aliphatic rings. The molecule has 0 radical (unpaired) electrons. The third-order valence-electron chi connectivity index (χ3n) is 6.12. The molecule has 3 heterocycles. The molecule has 7 heteroatoms. The fourth-order valence-corrected chi connectivity index (χ4v) is 4.39. The van der Waals surface area contributed by atoms with Crippen molar-refractivity contribution in [1.29, 1.82) is 0 Å². The van der Waals surface area contributed by atoms with Crippen LogP contribution in [0.5, 0.6) is 0 Å². The molecule has 1 spiro atoms. The maximum Gasteiger partial charge on any atom is 0.257 e. The summed E-state index contributed by atoms with van der Waals surface area (Å²) in [6.07, 6.45) is 3.98. The van der Waals surface area contributed by atoms with Crippen molar-refractivity contribution in [1.82, 2.24) is 19.6 Å². The van der Waals surface area contributed by atoms with Crippen LogP contribution in [0.1, 0.15) is 35.3 Å². The lowest BCUT2D eigenvalue weighted by Crippen LogP contribution is -2.46. The van der Waals surface area contributed by atoms with Gasteiger partial charge >= 0.3 is 0 Å². The van der Waals surface area contributed by atoms with E-state index in [-0.39, 0.29) is 17.2 Å². The highest BCUT2D eigenvalue weighted by Crippen LogP contribution is 2.41. The van der Waals surface area contributed by atoms with Gasteiger partial charge < -0.3 is 14.5 Å². The first-order chi connectivity index (χ1) is 13.6. The van der Waals surface area contributed by atoms with Crippen LogP contribution in [0.25, 0.3) is 5.69 Å². The van der Waals surface area contributed by atoms with E-state index in [9.17, 15) is 9.59 Å². The number of benzene rings is 1. The monoisotopic (exact) mass is 382 g/mol. The third-order valence-corrected chi connectivity index (χ3v) is 6.12. The van der Waals surface area contributed by atoms with E-state index in [1.807, 2.05) is 47.2 Å². The summed E-state index contributed by atoms with van der Waals surface area (Å²) in [5.41, 5.74) is 1.94. The number of para-hydroxylation sites is 1. The number of methoxy groups -OCH3 is 1. The van der Waals surface area contributed by atoms with Crippen LogP contribution < -0.4 is 0 Å². The van der Waals surface area contributed by atoms with E-state index < -0.39 is 0 Å². The summed E-state index contributed by atoms with van der Waals surface area (Å²) < 4.78 is 7.11. The van der Waals surface area contributed by atoms with Crippen molar-refractivity contribution in [2.24, 2.45) is 5.41 Å². The first-order valence-corrected chi connectivity index (χ1v) is 9.72. The molecule has 1 aromatic heterocycles. The zero-order valence-corrected chi connectivity index (χ0v) is 16.4.